The van der Waals surface area contributed by atoms with Crippen molar-refractivity contribution in [3.05, 3.63) is 35.4 Å². The van der Waals surface area contributed by atoms with E-state index in [-0.39, 0.29) is 5.91 Å². The molecule has 1 aromatic carbocycles. The van der Waals surface area contributed by atoms with Gasteiger partial charge in [0, 0.05) is 25.6 Å². The summed E-state index contributed by atoms with van der Waals surface area (Å²) in [6, 6.07) is 9.36. The lowest BCUT2D eigenvalue weighted by Gasteiger charge is -2.06. The number of amides is 1. The minimum Gasteiger partial charge on any atom is -0.353 e. The summed E-state index contributed by atoms with van der Waals surface area (Å²) in [5.74, 6) is 1.01. The van der Waals surface area contributed by atoms with Crippen LogP contribution < -0.4 is 10.6 Å². The summed E-state index contributed by atoms with van der Waals surface area (Å²) in [5, 5.41) is 6.33. The third kappa shape index (κ3) is 4.06. The van der Waals surface area contributed by atoms with Gasteiger partial charge in [0.05, 0.1) is 0 Å². The summed E-state index contributed by atoms with van der Waals surface area (Å²) in [5.41, 5.74) is 2.78. The van der Waals surface area contributed by atoms with Gasteiger partial charge in [-0.05, 0) is 42.7 Å². The van der Waals surface area contributed by atoms with E-state index in [0.717, 1.165) is 31.8 Å². The van der Waals surface area contributed by atoms with Gasteiger partial charge >= 0.3 is 0 Å². The molecule has 3 rings (SSSR count). The average Bonchev–Trinajstić information content (AvgIpc) is 3.27. The van der Waals surface area contributed by atoms with Crippen LogP contribution >= 0.6 is 0 Å². The number of nitrogens with one attached hydrogen (secondary N) is 2. The van der Waals surface area contributed by atoms with Gasteiger partial charge in [-0.1, -0.05) is 24.3 Å². The van der Waals surface area contributed by atoms with Crippen LogP contribution in [0.15, 0.2) is 24.3 Å². The molecule has 0 atom stereocenters. The second kappa shape index (κ2) is 5.74. The molecule has 0 aliphatic heterocycles. The molecule has 2 fully saturated rings. The molecule has 102 valence electrons. The van der Waals surface area contributed by atoms with Crippen molar-refractivity contribution in [2.45, 2.75) is 50.6 Å². The number of hydrogen-bond acceptors (Lipinski definition) is 2. The largest absolute Gasteiger partial charge is 0.353 e. The van der Waals surface area contributed by atoms with E-state index < -0.39 is 0 Å². The quantitative estimate of drug-likeness (QED) is 0.737. The van der Waals surface area contributed by atoms with Crippen LogP contribution in [-0.4, -0.2) is 18.5 Å². The maximum Gasteiger partial charge on any atom is 0.221 e. The fraction of sp³-hybridized carbons (Fsp3) is 0.562. The average molecular weight is 258 g/mol. The fourth-order valence-corrected chi connectivity index (χ4v) is 2.29. The molecule has 2 aliphatic rings. The summed E-state index contributed by atoms with van der Waals surface area (Å²) in [7, 11) is 0. The van der Waals surface area contributed by atoms with Gasteiger partial charge < -0.3 is 10.6 Å². The zero-order valence-electron chi connectivity index (χ0n) is 11.3. The van der Waals surface area contributed by atoms with Crippen LogP contribution in [-0.2, 0) is 11.3 Å². The van der Waals surface area contributed by atoms with Gasteiger partial charge in [0.15, 0.2) is 0 Å². The first-order valence-electron chi connectivity index (χ1n) is 7.40. The molecule has 2 saturated carbocycles. The maximum atomic E-state index is 11.5. The van der Waals surface area contributed by atoms with Gasteiger partial charge in [-0.3, -0.25) is 4.79 Å². The molecule has 0 aromatic heterocycles. The van der Waals surface area contributed by atoms with Crippen molar-refractivity contribution < 1.29 is 4.79 Å². The summed E-state index contributed by atoms with van der Waals surface area (Å²) >= 11 is 0. The Labute approximate surface area is 114 Å². The molecule has 3 heteroatoms. The second-order valence-corrected chi connectivity index (χ2v) is 5.78. The van der Waals surface area contributed by atoms with E-state index in [0.29, 0.717) is 12.5 Å². The zero-order valence-corrected chi connectivity index (χ0v) is 11.3. The van der Waals surface area contributed by atoms with Crippen LogP contribution in [0.25, 0.3) is 0 Å². The van der Waals surface area contributed by atoms with Crippen LogP contribution in [0.3, 0.4) is 0 Å². The molecule has 0 saturated heterocycles. The molecular formula is C16H22N2O. The predicted octanol–water partition coefficient (Wildman–Crippen LogP) is 2.32. The Hall–Kier alpha value is -1.35. The SMILES string of the molecule is O=C(CCNCc1ccc(C2CC2)cc1)NC1CC1. The number of rotatable bonds is 7. The van der Waals surface area contributed by atoms with Crippen molar-refractivity contribution in [1.82, 2.24) is 10.6 Å². The van der Waals surface area contributed by atoms with E-state index in [1.165, 1.54) is 24.0 Å². The maximum absolute atomic E-state index is 11.5. The smallest absolute Gasteiger partial charge is 0.221 e. The van der Waals surface area contributed by atoms with Crippen molar-refractivity contribution in [3.63, 3.8) is 0 Å². The molecule has 1 aromatic rings. The van der Waals surface area contributed by atoms with Crippen molar-refractivity contribution >= 4 is 5.91 Å². The van der Waals surface area contributed by atoms with E-state index in [2.05, 4.69) is 34.9 Å². The monoisotopic (exact) mass is 258 g/mol. The predicted molar refractivity (Wildman–Crippen MR) is 75.9 cm³/mol. The highest BCUT2D eigenvalue weighted by molar-refractivity contribution is 5.76. The molecular weight excluding hydrogens is 236 g/mol. The fourth-order valence-electron chi connectivity index (χ4n) is 2.29. The Balaban J connectivity index is 1.33. The minimum atomic E-state index is 0.180. The van der Waals surface area contributed by atoms with Crippen LogP contribution in [0.4, 0.5) is 0 Å². The topological polar surface area (TPSA) is 41.1 Å². The van der Waals surface area contributed by atoms with Crippen LogP contribution in [0, 0.1) is 0 Å². The standard InChI is InChI=1S/C16H22N2O/c19-16(18-15-7-8-15)9-10-17-11-12-1-3-13(4-2-12)14-5-6-14/h1-4,14-15,17H,5-11H2,(H,18,19). The highest BCUT2D eigenvalue weighted by Gasteiger charge is 2.23. The summed E-state index contributed by atoms with van der Waals surface area (Å²) in [4.78, 5) is 11.5. The molecule has 19 heavy (non-hydrogen) atoms. The highest BCUT2D eigenvalue weighted by atomic mass is 16.1. The first kappa shape index (κ1) is 12.7. The van der Waals surface area contributed by atoms with Gasteiger partial charge in [0.2, 0.25) is 5.91 Å². The van der Waals surface area contributed by atoms with Crippen molar-refractivity contribution in [3.8, 4) is 0 Å². The van der Waals surface area contributed by atoms with E-state index >= 15 is 0 Å². The molecule has 0 spiro atoms. The number of hydrogen-bond donors (Lipinski definition) is 2. The normalized spacial score (nSPS) is 18.3. The molecule has 2 aliphatic carbocycles. The van der Waals surface area contributed by atoms with E-state index in [1.807, 2.05) is 0 Å². The number of carbonyl (C=O) groups is 1. The molecule has 0 bridgehead atoms. The Morgan fingerprint density at radius 2 is 1.84 bits per heavy atom. The third-order valence-electron chi connectivity index (χ3n) is 3.83. The van der Waals surface area contributed by atoms with Gasteiger partial charge in [-0.2, -0.15) is 0 Å². The van der Waals surface area contributed by atoms with Gasteiger partial charge in [-0.25, -0.2) is 0 Å². The molecule has 0 radical (unpaired) electrons. The summed E-state index contributed by atoms with van der Waals surface area (Å²) < 4.78 is 0. The Bertz CT molecular complexity index is 433. The van der Waals surface area contributed by atoms with Crippen molar-refractivity contribution in [2.24, 2.45) is 0 Å². The van der Waals surface area contributed by atoms with Crippen molar-refractivity contribution in [2.75, 3.05) is 6.54 Å². The zero-order chi connectivity index (χ0) is 13.1. The lowest BCUT2D eigenvalue weighted by atomic mass is 10.1. The Kier molecular flexibility index (Phi) is 3.83. The summed E-state index contributed by atoms with van der Waals surface area (Å²) in [6.07, 6.45) is 5.61. The molecule has 0 unspecified atom stereocenters. The van der Waals surface area contributed by atoms with E-state index in [1.54, 1.807) is 0 Å². The Morgan fingerprint density at radius 3 is 2.47 bits per heavy atom. The van der Waals surface area contributed by atoms with Crippen molar-refractivity contribution in [1.29, 1.82) is 0 Å². The van der Waals surface area contributed by atoms with Crippen LogP contribution in [0.1, 0.15) is 49.1 Å². The van der Waals surface area contributed by atoms with E-state index in [4.69, 9.17) is 0 Å². The van der Waals surface area contributed by atoms with E-state index in [9.17, 15) is 4.79 Å². The lowest BCUT2D eigenvalue weighted by molar-refractivity contribution is -0.121. The summed E-state index contributed by atoms with van der Waals surface area (Å²) in [6.45, 7) is 1.60. The first-order valence-corrected chi connectivity index (χ1v) is 7.40. The minimum absolute atomic E-state index is 0.180. The highest BCUT2D eigenvalue weighted by Crippen LogP contribution is 2.39. The van der Waals surface area contributed by atoms with Gasteiger partial charge in [0.1, 0.15) is 0 Å². The first-order chi connectivity index (χ1) is 9.31. The number of benzene rings is 1. The number of carbonyl (C=O) groups excluding carboxylic acids is 1. The molecule has 1 amide bonds. The third-order valence-corrected chi connectivity index (χ3v) is 3.83. The Morgan fingerprint density at radius 1 is 1.11 bits per heavy atom. The molecule has 3 nitrogen and oxygen atoms in total. The van der Waals surface area contributed by atoms with Crippen LogP contribution in [0.2, 0.25) is 0 Å². The van der Waals surface area contributed by atoms with Crippen LogP contribution in [0.5, 0.6) is 0 Å². The lowest BCUT2D eigenvalue weighted by Crippen LogP contribution is -2.28. The molecule has 2 N–H and O–H groups in total. The second-order valence-electron chi connectivity index (χ2n) is 5.78. The van der Waals surface area contributed by atoms with Gasteiger partial charge in [-0.15, -0.1) is 0 Å². The molecule has 0 heterocycles. The van der Waals surface area contributed by atoms with Gasteiger partial charge in [0.25, 0.3) is 0 Å².